The van der Waals surface area contributed by atoms with Gasteiger partial charge in [-0.15, -0.1) is 11.8 Å². The maximum absolute atomic E-state index is 11.8. The summed E-state index contributed by atoms with van der Waals surface area (Å²) in [7, 11) is 1.61. The summed E-state index contributed by atoms with van der Waals surface area (Å²) in [4.78, 5) is 24.0. The van der Waals surface area contributed by atoms with E-state index in [1.165, 1.54) is 16.7 Å². The van der Waals surface area contributed by atoms with Crippen molar-refractivity contribution in [1.82, 2.24) is 4.90 Å². The second-order valence-electron chi connectivity index (χ2n) is 3.72. The smallest absolute Gasteiger partial charge is 0.323 e. The largest absolute Gasteiger partial charge is 0.480 e. The summed E-state index contributed by atoms with van der Waals surface area (Å²) in [6.07, 6.45) is 0.752. The molecule has 1 atom stereocenters. The van der Waals surface area contributed by atoms with Crippen LogP contribution in [0.3, 0.4) is 0 Å². The maximum Gasteiger partial charge on any atom is 0.323 e. The Kier molecular flexibility index (Phi) is 8.89. The van der Waals surface area contributed by atoms with Gasteiger partial charge in [0, 0.05) is 18.9 Å². The van der Waals surface area contributed by atoms with E-state index < -0.39 is 5.97 Å². The van der Waals surface area contributed by atoms with Gasteiger partial charge < -0.3 is 14.7 Å². The lowest BCUT2D eigenvalue weighted by Crippen LogP contribution is -2.42. The van der Waals surface area contributed by atoms with Crippen LogP contribution < -0.4 is 0 Å². The number of carboxylic acids is 1. The molecule has 0 aromatic heterocycles. The Bertz CT molecular complexity index is 248. The normalized spacial score (nSPS) is 12.2. The fourth-order valence-electron chi connectivity index (χ4n) is 1.24. The Labute approximate surface area is 107 Å². The molecule has 6 heteroatoms. The monoisotopic (exact) mass is 263 g/mol. The predicted octanol–water partition coefficient (Wildman–Crippen LogP) is 1.08. The first kappa shape index (κ1) is 16.2. The van der Waals surface area contributed by atoms with Crippen LogP contribution >= 0.6 is 11.8 Å². The average Bonchev–Trinajstić information content (AvgIpc) is 2.30. The Balaban J connectivity index is 4.18. The molecule has 0 aromatic carbocycles. The lowest BCUT2D eigenvalue weighted by Gasteiger charge is -2.26. The summed E-state index contributed by atoms with van der Waals surface area (Å²) >= 11 is 1.46. The highest BCUT2D eigenvalue weighted by atomic mass is 32.2. The molecule has 1 amide bonds. The van der Waals surface area contributed by atoms with Gasteiger partial charge in [0.15, 0.2) is 0 Å². The fraction of sp³-hybridized carbons (Fsp3) is 0.818. The van der Waals surface area contributed by atoms with E-state index in [1.807, 2.05) is 13.8 Å². The van der Waals surface area contributed by atoms with Gasteiger partial charge in [-0.05, 0) is 13.3 Å². The third kappa shape index (κ3) is 7.23. The van der Waals surface area contributed by atoms with Crippen LogP contribution in [0.2, 0.25) is 0 Å². The van der Waals surface area contributed by atoms with Crippen LogP contribution in [0, 0.1) is 0 Å². The molecule has 0 aliphatic heterocycles. The van der Waals surface area contributed by atoms with E-state index in [0.717, 1.165) is 12.2 Å². The number of carbonyl (C=O) groups is 2. The van der Waals surface area contributed by atoms with Gasteiger partial charge in [0.05, 0.1) is 12.4 Å². The van der Waals surface area contributed by atoms with Gasteiger partial charge in [-0.3, -0.25) is 9.59 Å². The molecule has 0 rings (SSSR count). The number of aliphatic carboxylic acids is 1. The molecular weight excluding hydrogens is 242 g/mol. The minimum Gasteiger partial charge on any atom is -0.480 e. The molecule has 0 heterocycles. The quantitative estimate of drug-likeness (QED) is 0.630. The number of methoxy groups -OCH3 is 1. The van der Waals surface area contributed by atoms with E-state index in [2.05, 4.69) is 0 Å². The molecule has 5 nitrogen and oxygen atoms in total. The second-order valence-corrected chi connectivity index (χ2v) is 4.82. The Morgan fingerprint density at radius 2 is 2.12 bits per heavy atom. The number of hydrogen-bond acceptors (Lipinski definition) is 4. The van der Waals surface area contributed by atoms with Crippen LogP contribution in [0.5, 0.6) is 0 Å². The molecule has 0 saturated carbocycles. The minimum absolute atomic E-state index is 0.0402. The van der Waals surface area contributed by atoms with Gasteiger partial charge in [0.2, 0.25) is 5.91 Å². The zero-order valence-corrected chi connectivity index (χ0v) is 11.5. The number of rotatable bonds is 9. The van der Waals surface area contributed by atoms with Crippen LogP contribution in [0.1, 0.15) is 20.3 Å². The Hall–Kier alpha value is -0.750. The molecule has 0 aromatic rings. The molecule has 0 aliphatic rings. The van der Waals surface area contributed by atoms with Crippen molar-refractivity contribution in [3.8, 4) is 0 Å². The van der Waals surface area contributed by atoms with Crippen LogP contribution in [0.25, 0.3) is 0 Å². The van der Waals surface area contributed by atoms with Crippen molar-refractivity contribution in [3.63, 3.8) is 0 Å². The minimum atomic E-state index is -0.972. The molecule has 0 spiro atoms. The summed E-state index contributed by atoms with van der Waals surface area (Å²) in [5.74, 6) is -0.0478. The van der Waals surface area contributed by atoms with Gasteiger partial charge in [-0.2, -0.15) is 0 Å². The summed E-state index contributed by atoms with van der Waals surface area (Å²) < 4.78 is 4.88. The first-order valence-electron chi connectivity index (χ1n) is 5.60. The maximum atomic E-state index is 11.8. The summed E-state index contributed by atoms with van der Waals surface area (Å²) in [6.45, 7) is 4.17. The molecule has 17 heavy (non-hydrogen) atoms. The molecule has 1 unspecified atom stereocenters. The molecule has 0 aliphatic carbocycles. The SMILES string of the molecule is CCC(C)N(CC(=O)O)C(=O)CSCCOC. The lowest BCUT2D eigenvalue weighted by molar-refractivity contribution is -0.144. The van der Waals surface area contributed by atoms with Gasteiger partial charge in [-0.1, -0.05) is 6.92 Å². The van der Waals surface area contributed by atoms with E-state index in [4.69, 9.17) is 9.84 Å². The molecule has 1 N–H and O–H groups in total. The van der Waals surface area contributed by atoms with Crippen LogP contribution in [0.15, 0.2) is 0 Å². The number of carboxylic acid groups (broad SMARTS) is 1. The topological polar surface area (TPSA) is 66.8 Å². The molecule has 0 radical (unpaired) electrons. The molecule has 0 fully saturated rings. The van der Waals surface area contributed by atoms with Crippen molar-refractivity contribution >= 4 is 23.6 Å². The van der Waals surface area contributed by atoms with Crippen molar-refractivity contribution in [2.45, 2.75) is 26.3 Å². The summed E-state index contributed by atoms with van der Waals surface area (Å²) in [6, 6.07) is -0.0402. The van der Waals surface area contributed by atoms with E-state index in [9.17, 15) is 9.59 Å². The number of nitrogens with zero attached hydrogens (tertiary/aromatic N) is 1. The van der Waals surface area contributed by atoms with Gasteiger partial charge >= 0.3 is 5.97 Å². The molecule has 100 valence electrons. The van der Waals surface area contributed by atoms with Crippen LogP contribution in [-0.4, -0.2) is 59.7 Å². The summed E-state index contributed by atoms with van der Waals surface area (Å²) in [5, 5.41) is 8.77. The number of hydrogen-bond donors (Lipinski definition) is 1. The van der Waals surface area contributed by atoms with Crippen molar-refractivity contribution in [3.05, 3.63) is 0 Å². The van der Waals surface area contributed by atoms with Crippen LogP contribution in [0.4, 0.5) is 0 Å². The molecule has 0 saturated heterocycles. The highest BCUT2D eigenvalue weighted by Gasteiger charge is 2.20. The van der Waals surface area contributed by atoms with Gasteiger partial charge in [0.1, 0.15) is 6.54 Å². The lowest BCUT2D eigenvalue weighted by atomic mass is 10.2. The zero-order chi connectivity index (χ0) is 13.3. The van der Waals surface area contributed by atoms with Crippen molar-refractivity contribution in [2.75, 3.05) is 31.8 Å². The highest BCUT2D eigenvalue weighted by Crippen LogP contribution is 2.08. The third-order valence-corrected chi connectivity index (χ3v) is 3.31. The standard InChI is InChI=1S/C11H21NO4S/c1-4-9(2)12(7-11(14)15)10(13)8-17-6-5-16-3/h9H,4-8H2,1-3H3,(H,14,15). The van der Waals surface area contributed by atoms with E-state index >= 15 is 0 Å². The summed E-state index contributed by atoms with van der Waals surface area (Å²) in [5.41, 5.74) is 0. The predicted molar refractivity (Wildman–Crippen MR) is 68.3 cm³/mol. The van der Waals surface area contributed by atoms with Crippen LogP contribution in [-0.2, 0) is 14.3 Å². The Morgan fingerprint density at radius 1 is 1.47 bits per heavy atom. The number of carbonyl (C=O) groups excluding carboxylic acids is 1. The van der Waals surface area contributed by atoms with Gasteiger partial charge in [0.25, 0.3) is 0 Å². The number of ether oxygens (including phenoxy) is 1. The van der Waals surface area contributed by atoms with E-state index in [1.54, 1.807) is 7.11 Å². The fourth-order valence-corrected chi connectivity index (χ4v) is 2.01. The van der Waals surface area contributed by atoms with Crippen molar-refractivity contribution in [2.24, 2.45) is 0 Å². The van der Waals surface area contributed by atoms with E-state index in [-0.39, 0.29) is 18.5 Å². The van der Waals surface area contributed by atoms with Crippen molar-refractivity contribution in [1.29, 1.82) is 0 Å². The average molecular weight is 263 g/mol. The first-order chi connectivity index (χ1) is 8.02. The number of amides is 1. The number of thioether (sulfide) groups is 1. The Morgan fingerprint density at radius 3 is 2.59 bits per heavy atom. The molecular formula is C11H21NO4S. The van der Waals surface area contributed by atoms with Gasteiger partial charge in [-0.25, -0.2) is 0 Å². The molecule has 0 bridgehead atoms. The highest BCUT2D eigenvalue weighted by molar-refractivity contribution is 7.99. The third-order valence-electron chi connectivity index (χ3n) is 2.41. The van der Waals surface area contributed by atoms with Crippen molar-refractivity contribution < 1.29 is 19.4 Å². The second kappa shape index (κ2) is 9.30. The zero-order valence-electron chi connectivity index (χ0n) is 10.6. The van der Waals surface area contributed by atoms with E-state index in [0.29, 0.717) is 12.4 Å². The first-order valence-corrected chi connectivity index (χ1v) is 6.76.